The van der Waals surface area contributed by atoms with Crippen molar-refractivity contribution in [2.75, 3.05) is 33.4 Å². The summed E-state index contributed by atoms with van der Waals surface area (Å²) in [5, 5.41) is 5.54. The molecule has 102 valence electrons. The highest BCUT2D eigenvalue weighted by molar-refractivity contribution is 5.76. The molecule has 2 rings (SSSR count). The number of methoxy groups -OCH3 is 1. The molecule has 0 aromatic heterocycles. The molecule has 1 aromatic carbocycles. The van der Waals surface area contributed by atoms with E-state index in [0.29, 0.717) is 37.7 Å². The Balaban J connectivity index is 1.91. The first-order chi connectivity index (χ1) is 9.24. The lowest BCUT2D eigenvalue weighted by molar-refractivity contribution is 0.201. The number of nitrogens with one attached hydrogen (secondary N) is 1. The number of nitroso groups, excluding NO2 is 1. The van der Waals surface area contributed by atoms with Gasteiger partial charge in [-0.25, -0.2) is 4.79 Å². The van der Waals surface area contributed by atoms with Gasteiger partial charge in [-0.1, -0.05) is 0 Å². The maximum absolute atomic E-state index is 11.3. The van der Waals surface area contributed by atoms with Crippen molar-refractivity contribution >= 4 is 11.7 Å². The van der Waals surface area contributed by atoms with Gasteiger partial charge in [0.2, 0.25) is 0 Å². The summed E-state index contributed by atoms with van der Waals surface area (Å²) in [6.45, 7) is 2.22. The first-order valence-electron chi connectivity index (χ1n) is 5.91. The number of nitrogens with zero attached hydrogens (tertiary/aromatic N) is 2. The number of hydrogen-bond acceptors (Lipinski definition) is 5. The van der Waals surface area contributed by atoms with Crippen LogP contribution in [0.5, 0.6) is 11.5 Å². The van der Waals surface area contributed by atoms with Crippen molar-refractivity contribution in [2.24, 2.45) is 5.18 Å². The van der Waals surface area contributed by atoms with Crippen LogP contribution in [0, 0.1) is 4.91 Å². The first kappa shape index (κ1) is 13.1. The van der Waals surface area contributed by atoms with E-state index in [-0.39, 0.29) is 11.7 Å². The van der Waals surface area contributed by atoms with Crippen molar-refractivity contribution in [1.29, 1.82) is 0 Å². The van der Waals surface area contributed by atoms with Crippen LogP contribution in [-0.4, -0.2) is 44.3 Å². The molecule has 7 heteroatoms. The molecule has 1 heterocycles. The number of hydrogen-bond donors (Lipinski definition) is 1. The Morgan fingerprint density at radius 3 is 2.89 bits per heavy atom. The molecule has 19 heavy (non-hydrogen) atoms. The van der Waals surface area contributed by atoms with E-state index in [1.54, 1.807) is 17.0 Å². The smallest absolute Gasteiger partial charge is 0.317 e. The summed E-state index contributed by atoms with van der Waals surface area (Å²) >= 11 is 0. The Hall–Kier alpha value is -2.31. The third-order valence-corrected chi connectivity index (χ3v) is 2.82. The zero-order valence-corrected chi connectivity index (χ0v) is 10.6. The minimum absolute atomic E-state index is 0.0731. The van der Waals surface area contributed by atoms with Crippen LogP contribution < -0.4 is 14.8 Å². The lowest BCUT2D eigenvalue weighted by Gasteiger charge is -2.15. The summed E-state index contributed by atoms with van der Waals surface area (Å²) in [5.41, 5.74) is 0.281. The van der Waals surface area contributed by atoms with E-state index in [1.165, 1.54) is 13.2 Å². The summed E-state index contributed by atoms with van der Waals surface area (Å²) in [5.74, 6) is 0.970. The van der Waals surface area contributed by atoms with Gasteiger partial charge in [0.25, 0.3) is 0 Å². The zero-order chi connectivity index (χ0) is 13.7. The zero-order valence-electron chi connectivity index (χ0n) is 10.6. The summed E-state index contributed by atoms with van der Waals surface area (Å²) in [6, 6.07) is 4.61. The number of amides is 2. The Bertz CT molecular complexity index is 478. The van der Waals surface area contributed by atoms with Crippen molar-refractivity contribution in [2.45, 2.75) is 0 Å². The molecule has 1 fully saturated rings. The summed E-state index contributed by atoms with van der Waals surface area (Å²) in [7, 11) is 1.49. The molecule has 0 saturated carbocycles. The normalized spacial score (nSPS) is 14.2. The largest absolute Gasteiger partial charge is 0.493 e. The van der Waals surface area contributed by atoms with Crippen LogP contribution in [0.4, 0.5) is 10.5 Å². The van der Waals surface area contributed by atoms with Gasteiger partial charge >= 0.3 is 6.03 Å². The average molecular weight is 265 g/mol. The molecule has 0 unspecified atom stereocenters. The van der Waals surface area contributed by atoms with Gasteiger partial charge in [0, 0.05) is 19.2 Å². The number of carbonyl (C=O) groups excluding carboxylic acids is 1. The maximum Gasteiger partial charge on any atom is 0.317 e. The number of carbonyl (C=O) groups is 1. The fraction of sp³-hybridized carbons (Fsp3) is 0.417. The molecule has 1 aromatic rings. The van der Waals surface area contributed by atoms with Gasteiger partial charge in [-0.05, 0) is 17.3 Å². The SMILES string of the molecule is COc1cc(N=O)ccc1OCCN1CCNC1=O. The van der Waals surface area contributed by atoms with Crippen molar-refractivity contribution < 1.29 is 14.3 Å². The van der Waals surface area contributed by atoms with Crippen LogP contribution in [-0.2, 0) is 0 Å². The molecule has 7 nitrogen and oxygen atoms in total. The van der Waals surface area contributed by atoms with Crippen molar-refractivity contribution in [3.05, 3.63) is 23.1 Å². The molecule has 1 aliphatic rings. The lowest BCUT2D eigenvalue weighted by Crippen LogP contribution is -2.31. The van der Waals surface area contributed by atoms with Gasteiger partial charge in [0.15, 0.2) is 11.5 Å². The molecule has 1 N–H and O–H groups in total. The first-order valence-corrected chi connectivity index (χ1v) is 5.91. The molecule has 1 aliphatic heterocycles. The molecular weight excluding hydrogens is 250 g/mol. The second kappa shape index (κ2) is 6.03. The fourth-order valence-electron chi connectivity index (χ4n) is 1.82. The Labute approximate surface area is 110 Å². The Kier molecular flexibility index (Phi) is 4.17. The topological polar surface area (TPSA) is 80.2 Å². The van der Waals surface area contributed by atoms with Gasteiger partial charge in [0.05, 0.1) is 13.7 Å². The molecule has 0 aliphatic carbocycles. The van der Waals surface area contributed by atoms with E-state index < -0.39 is 0 Å². The van der Waals surface area contributed by atoms with Crippen LogP contribution in [0.3, 0.4) is 0 Å². The average Bonchev–Trinajstić information content (AvgIpc) is 2.84. The monoisotopic (exact) mass is 265 g/mol. The predicted octanol–water partition coefficient (Wildman–Crippen LogP) is 1.50. The minimum Gasteiger partial charge on any atom is -0.493 e. The summed E-state index contributed by atoms with van der Waals surface area (Å²) in [6.07, 6.45) is 0. The highest BCUT2D eigenvalue weighted by Gasteiger charge is 2.18. The maximum atomic E-state index is 11.3. The van der Waals surface area contributed by atoms with E-state index in [9.17, 15) is 9.70 Å². The van der Waals surface area contributed by atoms with Crippen LogP contribution in [0.1, 0.15) is 0 Å². The van der Waals surface area contributed by atoms with E-state index in [0.717, 1.165) is 0 Å². The standard InChI is InChI=1S/C12H15N3O4/c1-18-11-8-9(14-17)2-3-10(11)19-7-6-15-5-4-13-12(15)16/h2-3,8H,4-7H2,1H3,(H,13,16). The molecule has 0 radical (unpaired) electrons. The van der Waals surface area contributed by atoms with Gasteiger partial charge in [0.1, 0.15) is 12.3 Å². The second-order valence-corrected chi connectivity index (χ2v) is 3.99. The number of urea groups is 1. The molecule has 2 amide bonds. The van der Waals surface area contributed by atoms with Crippen LogP contribution in [0.2, 0.25) is 0 Å². The minimum atomic E-state index is -0.0731. The Morgan fingerprint density at radius 1 is 1.42 bits per heavy atom. The van der Waals surface area contributed by atoms with Crippen molar-refractivity contribution in [3.63, 3.8) is 0 Å². The van der Waals surface area contributed by atoms with Gasteiger partial charge in [-0.15, -0.1) is 4.91 Å². The van der Waals surface area contributed by atoms with Gasteiger partial charge in [-0.3, -0.25) is 0 Å². The Morgan fingerprint density at radius 2 is 2.26 bits per heavy atom. The lowest BCUT2D eigenvalue weighted by atomic mass is 10.3. The highest BCUT2D eigenvalue weighted by atomic mass is 16.5. The van der Waals surface area contributed by atoms with E-state index in [4.69, 9.17) is 9.47 Å². The molecule has 1 saturated heterocycles. The third-order valence-electron chi connectivity index (χ3n) is 2.82. The van der Waals surface area contributed by atoms with Crippen LogP contribution >= 0.6 is 0 Å². The third kappa shape index (κ3) is 3.12. The number of ether oxygens (including phenoxy) is 2. The predicted molar refractivity (Wildman–Crippen MR) is 68.9 cm³/mol. The van der Waals surface area contributed by atoms with Gasteiger partial charge in [-0.2, -0.15) is 0 Å². The van der Waals surface area contributed by atoms with Crippen LogP contribution in [0.15, 0.2) is 23.4 Å². The molecule has 0 spiro atoms. The fourth-order valence-corrected chi connectivity index (χ4v) is 1.82. The molecular formula is C12H15N3O4. The summed E-state index contributed by atoms with van der Waals surface area (Å²) < 4.78 is 10.7. The number of benzene rings is 1. The quantitative estimate of drug-likeness (QED) is 0.790. The van der Waals surface area contributed by atoms with Crippen LogP contribution in [0.25, 0.3) is 0 Å². The summed E-state index contributed by atoms with van der Waals surface area (Å²) in [4.78, 5) is 23.4. The molecule has 0 atom stereocenters. The van der Waals surface area contributed by atoms with Crippen molar-refractivity contribution in [3.8, 4) is 11.5 Å². The number of rotatable bonds is 6. The highest BCUT2D eigenvalue weighted by Crippen LogP contribution is 2.31. The second-order valence-electron chi connectivity index (χ2n) is 3.99. The van der Waals surface area contributed by atoms with Crippen molar-refractivity contribution in [1.82, 2.24) is 10.2 Å². The van der Waals surface area contributed by atoms with E-state index >= 15 is 0 Å². The van der Waals surface area contributed by atoms with E-state index in [1.807, 2.05) is 0 Å². The van der Waals surface area contributed by atoms with E-state index in [2.05, 4.69) is 10.5 Å². The van der Waals surface area contributed by atoms with Gasteiger partial charge < -0.3 is 19.7 Å². The molecule has 0 bridgehead atoms.